The van der Waals surface area contributed by atoms with Gasteiger partial charge in [0, 0.05) is 18.3 Å². The molecule has 98 valence electrons. The van der Waals surface area contributed by atoms with Gasteiger partial charge in [0.05, 0.1) is 17.4 Å². The molecule has 0 aliphatic rings. The van der Waals surface area contributed by atoms with Crippen LogP contribution in [0.2, 0.25) is 5.02 Å². The van der Waals surface area contributed by atoms with Crippen molar-refractivity contribution in [3.63, 3.8) is 0 Å². The highest BCUT2D eigenvalue weighted by atomic mass is 35.5. The van der Waals surface area contributed by atoms with E-state index >= 15 is 0 Å². The Morgan fingerprint density at radius 1 is 1.26 bits per heavy atom. The number of benzene rings is 1. The topological polar surface area (TPSA) is 66.9 Å². The molecule has 0 unspecified atom stereocenters. The summed E-state index contributed by atoms with van der Waals surface area (Å²) in [6.07, 6.45) is 3.04. The molecule has 2 N–H and O–H groups in total. The molecule has 19 heavy (non-hydrogen) atoms. The lowest BCUT2D eigenvalue weighted by molar-refractivity contribution is -0.114. The lowest BCUT2D eigenvalue weighted by Crippen LogP contribution is -2.06. The first-order valence-corrected chi connectivity index (χ1v) is 6.05. The quantitative estimate of drug-likeness (QED) is 0.904. The number of hydrogen-bond acceptors (Lipinski definition) is 4. The average Bonchev–Trinajstić information content (AvgIpc) is 2.35. The molecule has 0 saturated heterocycles. The Balaban J connectivity index is 2.23. The highest BCUT2D eigenvalue weighted by Crippen LogP contribution is 2.22. The minimum absolute atomic E-state index is 0.113. The minimum atomic E-state index is -0.113. The number of aryl methyl sites for hydroxylation is 1. The summed E-state index contributed by atoms with van der Waals surface area (Å²) in [5.74, 6) is 0.338. The van der Waals surface area contributed by atoms with E-state index in [0.29, 0.717) is 11.0 Å². The van der Waals surface area contributed by atoms with Crippen LogP contribution in [-0.2, 0) is 4.79 Å². The van der Waals surface area contributed by atoms with E-state index in [4.69, 9.17) is 11.6 Å². The molecule has 0 aliphatic heterocycles. The zero-order valence-corrected chi connectivity index (χ0v) is 11.3. The van der Waals surface area contributed by atoms with Crippen LogP contribution in [0.4, 0.5) is 17.3 Å². The van der Waals surface area contributed by atoms with Gasteiger partial charge in [0.1, 0.15) is 0 Å². The fraction of sp³-hybridized carbons (Fsp3) is 0.154. The summed E-state index contributed by atoms with van der Waals surface area (Å²) < 4.78 is 0. The predicted octanol–water partition coefficient (Wildman–Crippen LogP) is 3.14. The number of aromatic nitrogens is 2. The largest absolute Gasteiger partial charge is 0.326 e. The van der Waals surface area contributed by atoms with Crippen LogP contribution in [0, 0.1) is 6.92 Å². The molecule has 1 heterocycles. The summed E-state index contributed by atoms with van der Waals surface area (Å²) in [5, 5.41) is 6.29. The summed E-state index contributed by atoms with van der Waals surface area (Å²) >= 11 is 5.73. The number of nitrogens with zero attached hydrogens (tertiary/aromatic N) is 2. The second-order valence-electron chi connectivity index (χ2n) is 4.06. The Morgan fingerprint density at radius 3 is 2.58 bits per heavy atom. The van der Waals surface area contributed by atoms with Crippen LogP contribution in [0.25, 0.3) is 0 Å². The molecule has 5 nitrogen and oxygen atoms in total. The molecule has 2 aromatic rings. The lowest BCUT2D eigenvalue weighted by atomic mass is 10.2. The van der Waals surface area contributed by atoms with Gasteiger partial charge in [-0.15, -0.1) is 0 Å². The maximum absolute atomic E-state index is 11.0. The van der Waals surface area contributed by atoms with E-state index in [1.54, 1.807) is 0 Å². The molecule has 0 atom stereocenters. The Bertz CT molecular complexity index is 598. The fourth-order valence-electron chi connectivity index (χ4n) is 1.53. The van der Waals surface area contributed by atoms with E-state index in [1.165, 1.54) is 19.3 Å². The molecule has 0 spiro atoms. The van der Waals surface area contributed by atoms with E-state index < -0.39 is 0 Å². The molecule has 1 aromatic carbocycles. The number of amides is 1. The van der Waals surface area contributed by atoms with Crippen molar-refractivity contribution in [1.82, 2.24) is 9.97 Å². The van der Waals surface area contributed by atoms with Crippen molar-refractivity contribution in [2.75, 3.05) is 10.6 Å². The van der Waals surface area contributed by atoms with Gasteiger partial charge in [0.2, 0.25) is 11.9 Å². The third kappa shape index (κ3) is 3.66. The average molecular weight is 277 g/mol. The Kier molecular flexibility index (Phi) is 3.97. The minimum Gasteiger partial charge on any atom is -0.326 e. The number of hydrogen-bond donors (Lipinski definition) is 2. The first-order chi connectivity index (χ1) is 9.04. The first kappa shape index (κ1) is 13.3. The second kappa shape index (κ2) is 5.67. The van der Waals surface area contributed by atoms with E-state index in [1.807, 2.05) is 25.1 Å². The molecule has 0 radical (unpaired) electrons. The summed E-state index contributed by atoms with van der Waals surface area (Å²) in [5.41, 5.74) is 2.57. The zero-order chi connectivity index (χ0) is 13.8. The molecule has 2 rings (SSSR count). The maximum Gasteiger partial charge on any atom is 0.227 e. The predicted molar refractivity (Wildman–Crippen MR) is 75.8 cm³/mol. The maximum atomic E-state index is 11.0. The standard InChI is InChI=1S/C13H13ClN4O/c1-8-3-4-11(17-9(2)19)5-12(8)18-13-15-6-10(14)7-16-13/h3-7H,1-2H3,(H,17,19)(H,15,16,18). The van der Waals surface area contributed by atoms with Crippen molar-refractivity contribution in [1.29, 1.82) is 0 Å². The monoisotopic (exact) mass is 276 g/mol. The van der Waals surface area contributed by atoms with Crippen molar-refractivity contribution in [2.24, 2.45) is 0 Å². The first-order valence-electron chi connectivity index (χ1n) is 5.67. The van der Waals surface area contributed by atoms with Crippen LogP contribution in [0.5, 0.6) is 0 Å². The van der Waals surface area contributed by atoms with Crippen LogP contribution in [-0.4, -0.2) is 15.9 Å². The van der Waals surface area contributed by atoms with Gasteiger partial charge < -0.3 is 10.6 Å². The van der Waals surface area contributed by atoms with Crippen LogP contribution in [0.15, 0.2) is 30.6 Å². The smallest absolute Gasteiger partial charge is 0.227 e. The number of halogens is 1. The number of nitrogens with one attached hydrogen (secondary N) is 2. The van der Waals surface area contributed by atoms with Gasteiger partial charge in [-0.05, 0) is 24.6 Å². The normalized spacial score (nSPS) is 10.1. The van der Waals surface area contributed by atoms with Gasteiger partial charge in [0.25, 0.3) is 0 Å². The van der Waals surface area contributed by atoms with Crippen LogP contribution < -0.4 is 10.6 Å². The molecule has 6 heteroatoms. The fourth-order valence-corrected chi connectivity index (χ4v) is 1.63. The van der Waals surface area contributed by atoms with E-state index in [-0.39, 0.29) is 5.91 Å². The molecule has 0 saturated carbocycles. The van der Waals surface area contributed by atoms with Crippen molar-refractivity contribution in [3.05, 3.63) is 41.2 Å². The number of rotatable bonds is 3. The summed E-state index contributed by atoms with van der Waals surface area (Å²) in [4.78, 5) is 19.2. The molecule has 0 fully saturated rings. The van der Waals surface area contributed by atoms with Gasteiger partial charge in [-0.25, -0.2) is 9.97 Å². The van der Waals surface area contributed by atoms with Gasteiger partial charge >= 0.3 is 0 Å². The third-order valence-electron chi connectivity index (χ3n) is 2.42. The van der Waals surface area contributed by atoms with Crippen molar-refractivity contribution < 1.29 is 4.79 Å². The number of carbonyl (C=O) groups is 1. The van der Waals surface area contributed by atoms with Crippen molar-refractivity contribution >= 4 is 34.8 Å². The van der Waals surface area contributed by atoms with Crippen LogP contribution >= 0.6 is 11.6 Å². The molecule has 1 amide bonds. The second-order valence-corrected chi connectivity index (χ2v) is 4.50. The zero-order valence-electron chi connectivity index (χ0n) is 10.6. The molecule has 0 bridgehead atoms. The highest BCUT2D eigenvalue weighted by Gasteiger charge is 2.04. The van der Waals surface area contributed by atoms with Crippen molar-refractivity contribution in [3.8, 4) is 0 Å². The lowest BCUT2D eigenvalue weighted by Gasteiger charge is -2.10. The van der Waals surface area contributed by atoms with Gasteiger partial charge in [-0.1, -0.05) is 17.7 Å². The molecular weight excluding hydrogens is 264 g/mol. The Morgan fingerprint density at radius 2 is 1.95 bits per heavy atom. The SMILES string of the molecule is CC(=O)Nc1ccc(C)c(Nc2ncc(Cl)cn2)c1. The molecular formula is C13H13ClN4O. The highest BCUT2D eigenvalue weighted by molar-refractivity contribution is 6.30. The van der Waals surface area contributed by atoms with E-state index in [0.717, 1.165) is 16.9 Å². The summed E-state index contributed by atoms with van der Waals surface area (Å²) in [6, 6.07) is 5.57. The van der Waals surface area contributed by atoms with E-state index in [9.17, 15) is 4.79 Å². The number of carbonyl (C=O) groups excluding carboxylic acids is 1. The van der Waals surface area contributed by atoms with Gasteiger partial charge in [-0.3, -0.25) is 4.79 Å². The van der Waals surface area contributed by atoms with Crippen LogP contribution in [0.3, 0.4) is 0 Å². The Labute approximate surface area is 116 Å². The van der Waals surface area contributed by atoms with Crippen LogP contribution in [0.1, 0.15) is 12.5 Å². The molecule has 0 aliphatic carbocycles. The Hall–Kier alpha value is -2.14. The molecule has 1 aromatic heterocycles. The number of anilines is 3. The van der Waals surface area contributed by atoms with Gasteiger partial charge in [-0.2, -0.15) is 0 Å². The van der Waals surface area contributed by atoms with Gasteiger partial charge in [0.15, 0.2) is 0 Å². The summed E-state index contributed by atoms with van der Waals surface area (Å²) in [7, 11) is 0. The summed E-state index contributed by atoms with van der Waals surface area (Å²) in [6.45, 7) is 3.42. The van der Waals surface area contributed by atoms with Crippen molar-refractivity contribution in [2.45, 2.75) is 13.8 Å². The van der Waals surface area contributed by atoms with E-state index in [2.05, 4.69) is 20.6 Å². The third-order valence-corrected chi connectivity index (χ3v) is 2.62.